The molecule has 5 nitrogen and oxygen atoms in total. The number of hydrogen-bond acceptors (Lipinski definition) is 5. The lowest BCUT2D eigenvalue weighted by Crippen LogP contribution is -2.47. The Morgan fingerprint density at radius 3 is 1.88 bits per heavy atom. The van der Waals surface area contributed by atoms with E-state index < -0.39 is 11.5 Å². The summed E-state index contributed by atoms with van der Waals surface area (Å²) in [5.74, 6) is 5.47. The average Bonchev–Trinajstić information content (AvgIpc) is 2.91. The normalized spacial score (nSPS) is 18.8. The quantitative estimate of drug-likeness (QED) is 0.669. The molecule has 0 fully saturated rings. The molecule has 0 aromatic heterocycles. The Bertz CT molecular complexity index is 803. The van der Waals surface area contributed by atoms with E-state index in [9.17, 15) is 10.5 Å². The standard InChI is InChI=1S/C19H17N5/c1-24-18(23-22)16(12-20)17(13-21)19(24,14-8-4-2-5-9-14)15-10-6-3-7-11-15/h2-11,17,23H,22H2,1H3. The van der Waals surface area contributed by atoms with Crippen molar-refractivity contribution in [3.8, 4) is 12.1 Å². The van der Waals surface area contributed by atoms with Gasteiger partial charge in [0, 0.05) is 7.05 Å². The minimum atomic E-state index is -0.815. The van der Waals surface area contributed by atoms with Gasteiger partial charge in [-0.2, -0.15) is 10.5 Å². The Morgan fingerprint density at radius 2 is 1.50 bits per heavy atom. The van der Waals surface area contributed by atoms with Gasteiger partial charge in [-0.1, -0.05) is 60.7 Å². The summed E-state index contributed by atoms with van der Waals surface area (Å²) in [6, 6.07) is 24.0. The average molecular weight is 315 g/mol. The first-order chi connectivity index (χ1) is 11.7. The van der Waals surface area contributed by atoms with E-state index in [1.54, 1.807) is 0 Å². The van der Waals surface area contributed by atoms with Gasteiger partial charge in [-0.3, -0.25) is 0 Å². The maximum atomic E-state index is 9.93. The third-order valence-corrected chi connectivity index (χ3v) is 4.64. The fourth-order valence-electron chi connectivity index (χ4n) is 3.62. The van der Waals surface area contributed by atoms with Gasteiger partial charge in [-0.25, -0.2) is 5.84 Å². The Balaban J connectivity index is 2.36. The van der Waals surface area contributed by atoms with E-state index in [0.717, 1.165) is 11.1 Å². The Labute approximate surface area is 141 Å². The van der Waals surface area contributed by atoms with Gasteiger partial charge >= 0.3 is 0 Å². The highest BCUT2D eigenvalue weighted by molar-refractivity contribution is 5.53. The third-order valence-electron chi connectivity index (χ3n) is 4.64. The fraction of sp³-hybridized carbons (Fsp3) is 0.158. The maximum Gasteiger partial charge on any atom is 0.132 e. The van der Waals surface area contributed by atoms with Crippen LogP contribution in [-0.2, 0) is 5.54 Å². The lowest BCUT2D eigenvalue weighted by atomic mass is 9.72. The number of nitrogens with one attached hydrogen (secondary N) is 1. The SMILES string of the molecule is CN1C(NN)=C(C#N)C(C#N)C1(c1ccccc1)c1ccccc1. The topological polar surface area (TPSA) is 88.9 Å². The van der Waals surface area contributed by atoms with Gasteiger partial charge in [0.2, 0.25) is 0 Å². The van der Waals surface area contributed by atoms with Crippen LogP contribution in [0.4, 0.5) is 0 Å². The molecule has 0 bridgehead atoms. The van der Waals surface area contributed by atoms with Crippen molar-refractivity contribution in [3.05, 3.63) is 83.2 Å². The summed E-state index contributed by atoms with van der Waals surface area (Å²) >= 11 is 0. The van der Waals surface area contributed by atoms with Gasteiger partial charge in [-0.05, 0) is 11.1 Å². The molecule has 0 radical (unpaired) electrons. The van der Waals surface area contributed by atoms with E-state index in [4.69, 9.17) is 5.84 Å². The van der Waals surface area contributed by atoms with E-state index in [1.807, 2.05) is 72.6 Å². The zero-order chi connectivity index (χ0) is 17.2. The smallest absolute Gasteiger partial charge is 0.132 e. The third kappa shape index (κ3) is 1.96. The first kappa shape index (κ1) is 15.6. The van der Waals surface area contributed by atoms with Crippen molar-refractivity contribution in [2.45, 2.75) is 5.54 Å². The number of benzene rings is 2. The molecule has 3 rings (SSSR count). The molecule has 2 aromatic carbocycles. The molecule has 0 saturated carbocycles. The summed E-state index contributed by atoms with van der Waals surface area (Å²) in [6.45, 7) is 0. The van der Waals surface area contributed by atoms with Crippen LogP contribution in [0.5, 0.6) is 0 Å². The lowest BCUT2D eigenvalue weighted by Gasteiger charge is -2.41. The molecular weight excluding hydrogens is 298 g/mol. The predicted octanol–water partition coefficient (Wildman–Crippen LogP) is 2.21. The first-order valence-corrected chi connectivity index (χ1v) is 7.57. The number of hydrogen-bond donors (Lipinski definition) is 2. The molecule has 1 atom stereocenters. The van der Waals surface area contributed by atoms with E-state index in [2.05, 4.69) is 17.6 Å². The van der Waals surface area contributed by atoms with Crippen LogP contribution < -0.4 is 11.3 Å². The zero-order valence-electron chi connectivity index (χ0n) is 13.3. The van der Waals surface area contributed by atoms with Crippen molar-refractivity contribution < 1.29 is 0 Å². The predicted molar refractivity (Wildman–Crippen MR) is 90.5 cm³/mol. The second-order valence-electron chi connectivity index (χ2n) is 5.64. The van der Waals surface area contributed by atoms with Crippen molar-refractivity contribution in [1.82, 2.24) is 10.3 Å². The summed E-state index contributed by atoms with van der Waals surface area (Å²) in [5.41, 5.74) is 4.00. The summed E-state index contributed by atoms with van der Waals surface area (Å²) in [6.07, 6.45) is 0. The van der Waals surface area contributed by atoms with E-state index in [-0.39, 0.29) is 0 Å². The van der Waals surface area contributed by atoms with Gasteiger partial charge in [0.05, 0.1) is 11.6 Å². The van der Waals surface area contributed by atoms with Crippen LogP contribution in [0.3, 0.4) is 0 Å². The number of nitrogens with zero attached hydrogens (tertiary/aromatic N) is 3. The van der Waals surface area contributed by atoms with Crippen LogP contribution in [0.25, 0.3) is 0 Å². The van der Waals surface area contributed by atoms with Crippen LogP contribution in [0.2, 0.25) is 0 Å². The molecule has 1 aliphatic rings. The van der Waals surface area contributed by atoms with Crippen molar-refractivity contribution in [2.75, 3.05) is 7.05 Å². The second kappa shape index (κ2) is 6.08. The van der Waals surface area contributed by atoms with Crippen LogP contribution >= 0.6 is 0 Å². The van der Waals surface area contributed by atoms with Gasteiger partial charge in [0.15, 0.2) is 0 Å². The number of nitrogens with two attached hydrogens (primary N) is 1. The van der Waals surface area contributed by atoms with Crippen LogP contribution in [-0.4, -0.2) is 11.9 Å². The van der Waals surface area contributed by atoms with Gasteiger partial charge in [-0.15, -0.1) is 0 Å². The first-order valence-electron chi connectivity index (χ1n) is 7.57. The highest BCUT2D eigenvalue weighted by Crippen LogP contribution is 2.50. The molecule has 1 heterocycles. The summed E-state index contributed by atoms with van der Waals surface area (Å²) in [5, 5.41) is 19.6. The summed E-state index contributed by atoms with van der Waals surface area (Å²) in [7, 11) is 1.85. The van der Waals surface area contributed by atoms with Crippen LogP contribution in [0.15, 0.2) is 72.1 Å². The van der Waals surface area contributed by atoms with Gasteiger partial charge in [0.1, 0.15) is 23.3 Å². The minimum Gasteiger partial charge on any atom is -0.344 e. The largest absolute Gasteiger partial charge is 0.344 e. The monoisotopic (exact) mass is 315 g/mol. The molecule has 2 aromatic rings. The van der Waals surface area contributed by atoms with Crippen LogP contribution in [0.1, 0.15) is 11.1 Å². The molecule has 1 aliphatic heterocycles. The van der Waals surface area contributed by atoms with Crippen molar-refractivity contribution in [2.24, 2.45) is 11.8 Å². The van der Waals surface area contributed by atoms with Crippen LogP contribution in [0, 0.1) is 28.6 Å². The molecule has 118 valence electrons. The van der Waals surface area contributed by atoms with E-state index >= 15 is 0 Å². The molecule has 5 heteroatoms. The molecule has 0 saturated heterocycles. The van der Waals surface area contributed by atoms with Crippen molar-refractivity contribution in [3.63, 3.8) is 0 Å². The number of rotatable bonds is 3. The Morgan fingerprint density at radius 1 is 1.00 bits per heavy atom. The number of hydrazine groups is 1. The number of nitriles is 2. The van der Waals surface area contributed by atoms with Gasteiger partial charge < -0.3 is 10.3 Å². The highest BCUT2D eigenvalue weighted by atomic mass is 15.4. The van der Waals surface area contributed by atoms with E-state index in [1.165, 1.54) is 0 Å². The van der Waals surface area contributed by atoms with E-state index in [0.29, 0.717) is 11.4 Å². The molecule has 0 spiro atoms. The molecular formula is C19H17N5. The second-order valence-corrected chi connectivity index (χ2v) is 5.64. The van der Waals surface area contributed by atoms with Crippen molar-refractivity contribution in [1.29, 1.82) is 10.5 Å². The molecule has 0 aliphatic carbocycles. The molecule has 24 heavy (non-hydrogen) atoms. The zero-order valence-corrected chi connectivity index (χ0v) is 13.3. The molecule has 1 unspecified atom stereocenters. The van der Waals surface area contributed by atoms with Crippen molar-refractivity contribution >= 4 is 0 Å². The lowest BCUT2D eigenvalue weighted by molar-refractivity contribution is 0.198. The Hall–Kier alpha value is -3.28. The molecule has 0 amide bonds. The maximum absolute atomic E-state index is 9.93. The summed E-state index contributed by atoms with van der Waals surface area (Å²) < 4.78 is 0. The van der Waals surface area contributed by atoms with Gasteiger partial charge in [0.25, 0.3) is 0 Å². The highest BCUT2D eigenvalue weighted by Gasteiger charge is 2.54. The Kier molecular flexibility index (Phi) is 3.95. The summed E-state index contributed by atoms with van der Waals surface area (Å²) in [4.78, 5) is 1.89. The minimum absolute atomic E-state index is 0.343. The molecule has 3 N–H and O–H groups in total. The fourth-order valence-corrected chi connectivity index (χ4v) is 3.62.